The molecule has 1 unspecified atom stereocenters. The zero-order valence-electron chi connectivity index (χ0n) is 11.7. The molecule has 0 amide bonds. The number of fused-ring (bicyclic) bond motifs is 1. The SMILES string of the molecule is CCn1ncnc1CC(N)c1nn(C)c2ccccc12. The molecule has 2 aromatic heterocycles. The lowest BCUT2D eigenvalue weighted by atomic mass is 10.1. The first kappa shape index (κ1) is 12.8. The van der Waals surface area contributed by atoms with Gasteiger partial charge in [-0.2, -0.15) is 10.2 Å². The van der Waals surface area contributed by atoms with Crippen LogP contribution in [0, 0.1) is 0 Å². The Labute approximate surface area is 117 Å². The first-order valence-electron chi connectivity index (χ1n) is 6.74. The maximum Gasteiger partial charge on any atom is 0.138 e. The van der Waals surface area contributed by atoms with E-state index in [1.54, 1.807) is 6.33 Å². The van der Waals surface area contributed by atoms with E-state index in [-0.39, 0.29) is 6.04 Å². The lowest BCUT2D eigenvalue weighted by molar-refractivity contribution is 0.572. The van der Waals surface area contributed by atoms with E-state index in [0.717, 1.165) is 29.0 Å². The second-order valence-corrected chi connectivity index (χ2v) is 4.83. The van der Waals surface area contributed by atoms with Crippen molar-refractivity contribution in [2.24, 2.45) is 12.8 Å². The number of benzene rings is 1. The third-order valence-electron chi connectivity index (χ3n) is 3.54. The topological polar surface area (TPSA) is 74.6 Å². The van der Waals surface area contributed by atoms with Crippen molar-refractivity contribution in [2.75, 3.05) is 0 Å². The minimum absolute atomic E-state index is 0.185. The summed E-state index contributed by atoms with van der Waals surface area (Å²) in [6.45, 7) is 2.84. The van der Waals surface area contributed by atoms with Crippen molar-refractivity contribution in [3.8, 4) is 0 Å². The number of para-hydroxylation sites is 1. The van der Waals surface area contributed by atoms with Crippen LogP contribution in [0.2, 0.25) is 0 Å². The Balaban J connectivity index is 1.95. The minimum atomic E-state index is -0.185. The molecule has 1 atom stereocenters. The van der Waals surface area contributed by atoms with E-state index in [0.29, 0.717) is 6.42 Å². The van der Waals surface area contributed by atoms with Crippen molar-refractivity contribution < 1.29 is 0 Å². The summed E-state index contributed by atoms with van der Waals surface area (Å²) in [5.74, 6) is 0.898. The molecule has 1 aromatic carbocycles. The van der Waals surface area contributed by atoms with Gasteiger partial charge in [-0.15, -0.1) is 0 Å². The fourth-order valence-corrected chi connectivity index (χ4v) is 2.52. The monoisotopic (exact) mass is 270 g/mol. The molecular weight excluding hydrogens is 252 g/mol. The summed E-state index contributed by atoms with van der Waals surface area (Å²) in [6.07, 6.45) is 2.21. The molecule has 0 saturated carbocycles. The molecule has 0 aliphatic heterocycles. The molecule has 3 rings (SSSR count). The number of nitrogens with zero attached hydrogens (tertiary/aromatic N) is 5. The molecule has 0 bridgehead atoms. The van der Waals surface area contributed by atoms with Gasteiger partial charge in [0.15, 0.2) is 0 Å². The van der Waals surface area contributed by atoms with Gasteiger partial charge < -0.3 is 5.73 Å². The van der Waals surface area contributed by atoms with E-state index < -0.39 is 0 Å². The van der Waals surface area contributed by atoms with Crippen molar-refractivity contribution in [1.82, 2.24) is 24.5 Å². The molecule has 6 nitrogen and oxygen atoms in total. The van der Waals surface area contributed by atoms with E-state index in [1.807, 2.05) is 41.5 Å². The van der Waals surface area contributed by atoms with Crippen LogP contribution in [0.4, 0.5) is 0 Å². The number of nitrogens with two attached hydrogens (primary N) is 1. The average Bonchev–Trinajstić information content (AvgIpc) is 3.04. The maximum absolute atomic E-state index is 6.33. The number of hydrogen-bond donors (Lipinski definition) is 1. The summed E-state index contributed by atoms with van der Waals surface area (Å²) < 4.78 is 3.74. The zero-order chi connectivity index (χ0) is 14.1. The third kappa shape index (κ3) is 2.08. The number of aromatic nitrogens is 5. The molecule has 6 heteroatoms. The van der Waals surface area contributed by atoms with Gasteiger partial charge in [0.25, 0.3) is 0 Å². The van der Waals surface area contributed by atoms with Gasteiger partial charge >= 0.3 is 0 Å². The van der Waals surface area contributed by atoms with Crippen LogP contribution in [-0.2, 0) is 20.0 Å². The highest BCUT2D eigenvalue weighted by Crippen LogP contribution is 2.23. The molecule has 20 heavy (non-hydrogen) atoms. The normalized spacial score (nSPS) is 12.9. The Morgan fingerprint density at radius 2 is 2.10 bits per heavy atom. The highest BCUT2D eigenvalue weighted by atomic mass is 15.3. The Morgan fingerprint density at radius 1 is 1.30 bits per heavy atom. The molecule has 0 aliphatic rings. The smallest absolute Gasteiger partial charge is 0.138 e. The molecule has 104 valence electrons. The van der Waals surface area contributed by atoms with Crippen LogP contribution in [0.3, 0.4) is 0 Å². The molecule has 0 aliphatic carbocycles. The second-order valence-electron chi connectivity index (χ2n) is 4.83. The van der Waals surface area contributed by atoms with Crippen LogP contribution in [0.25, 0.3) is 10.9 Å². The summed E-state index contributed by atoms with van der Waals surface area (Å²) in [4.78, 5) is 4.28. The molecule has 0 spiro atoms. The van der Waals surface area contributed by atoms with Gasteiger partial charge in [-0.25, -0.2) is 4.98 Å². The summed E-state index contributed by atoms with van der Waals surface area (Å²) in [5, 5.41) is 9.84. The van der Waals surface area contributed by atoms with Gasteiger partial charge in [0.05, 0.1) is 17.3 Å². The first-order chi connectivity index (χ1) is 9.70. The Bertz CT molecular complexity index is 726. The van der Waals surface area contributed by atoms with Crippen molar-refractivity contribution in [1.29, 1.82) is 0 Å². The van der Waals surface area contributed by atoms with Crippen LogP contribution < -0.4 is 5.73 Å². The summed E-state index contributed by atoms with van der Waals surface area (Å²) in [7, 11) is 1.94. The van der Waals surface area contributed by atoms with E-state index >= 15 is 0 Å². The third-order valence-corrected chi connectivity index (χ3v) is 3.54. The van der Waals surface area contributed by atoms with Crippen LogP contribution in [0.5, 0.6) is 0 Å². The number of aryl methyl sites for hydroxylation is 2. The molecule has 2 heterocycles. The van der Waals surface area contributed by atoms with E-state index in [9.17, 15) is 0 Å². The highest BCUT2D eigenvalue weighted by molar-refractivity contribution is 5.82. The van der Waals surface area contributed by atoms with Crippen LogP contribution in [0.1, 0.15) is 24.5 Å². The first-order valence-corrected chi connectivity index (χ1v) is 6.74. The van der Waals surface area contributed by atoms with Crippen molar-refractivity contribution in [3.63, 3.8) is 0 Å². The predicted molar refractivity (Wildman–Crippen MR) is 77.0 cm³/mol. The van der Waals surface area contributed by atoms with Gasteiger partial charge in [-0.05, 0) is 13.0 Å². The quantitative estimate of drug-likeness (QED) is 0.778. The Morgan fingerprint density at radius 3 is 2.90 bits per heavy atom. The van der Waals surface area contributed by atoms with E-state index in [1.165, 1.54) is 0 Å². The number of hydrogen-bond acceptors (Lipinski definition) is 4. The minimum Gasteiger partial charge on any atom is -0.322 e. The average molecular weight is 270 g/mol. The van der Waals surface area contributed by atoms with Gasteiger partial charge in [-0.3, -0.25) is 9.36 Å². The van der Waals surface area contributed by atoms with Crippen LogP contribution in [-0.4, -0.2) is 24.5 Å². The molecule has 2 N–H and O–H groups in total. The van der Waals surface area contributed by atoms with Gasteiger partial charge in [0, 0.05) is 25.4 Å². The van der Waals surface area contributed by atoms with Gasteiger partial charge in [0.1, 0.15) is 12.2 Å². The van der Waals surface area contributed by atoms with Crippen LogP contribution >= 0.6 is 0 Å². The van der Waals surface area contributed by atoms with E-state index in [2.05, 4.69) is 21.2 Å². The van der Waals surface area contributed by atoms with Crippen molar-refractivity contribution in [2.45, 2.75) is 25.9 Å². The van der Waals surface area contributed by atoms with Gasteiger partial charge in [0.2, 0.25) is 0 Å². The lowest BCUT2D eigenvalue weighted by Gasteiger charge is -2.09. The molecule has 3 aromatic rings. The highest BCUT2D eigenvalue weighted by Gasteiger charge is 2.17. The van der Waals surface area contributed by atoms with Crippen molar-refractivity contribution >= 4 is 10.9 Å². The standard InChI is InChI=1S/C14H18N6/c1-3-20-13(16-9-17-20)8-11(15)14-10-6-4-5-7-12(10)19(2)18-14/h4-7,9,11H,3,8,15H2,1-2H3. The number of rotatable bonds is 4. The predicted octanol–water partition coefficient (Wildman–Crippen LogP) is 1.43. The van der Waals surface area contributed by atoms with E-state index in [4.69, 9.17) is 5.73 Å². The Kier molecular flexibility index (Phi) is 3.23. The summed E-state index contributed by atoms with van der Waals surface area (Å²) in [5.41, 5.74) is 8.34. The summed E-state index contributed by atoms with van der Waals surface area (Å²) >= 11 is 0. The lowest BCUT2D eigenvalue weighted by Crippen LogP contribution is -2.18. The maximum atomic E-state index is 6.33. The fourth-order valence-electron chi connectivity index (χ4n) is 2.52. The fraction of sp³-hybridized carbons (Fsp3) is 0.357. The van der Waals surface area contributed by atoms with Crippen LogP contribution in [0.15, 0.2) is 30.6 Å². The zero-order valence-corrected chi connectivity index (χ0v) is 11.7. The largest absolute Gasteiger partial charge is 0.322 e. The molecule has 0 fully saturated rings. The molecular formula is C14H18N6. The molecule has 0 saturated heterocycles. The summed E-state index contributed by atoms with van der Waals surface area (Å²) in [6, 6.07) is 7.94. The molecule has 0 radical (unpaired) electrons. The Hall–Kier alpha value is -2.21. The second kappa shape index (κ2) is 5.05. The van der Waals surface area contributed by atoms with Crippen molar-refractivity contribution in [3.05, 3.63) is 42.1 Å². The van der Waals surface area contributed by atoms with Gasteiger partial charge in [-0.1, -0.05) is 18.2 Å².